The minimum Gasteiger partial charge on any atom is -0.395 e. The number of anilines is 4. The molecule has 8 rings (SSSR count). The number of rotatable bonds is 9. The first-order valence-corrected chi connectivity index (χ1v) is 18.4. The Morgan fingerprint density at radius 3 is 1.49 bits per heavy atom. The minimum atomic E-state index is -0.599. The summed E-state index contributed by atoms with van der Waals surface area (Å²) >= 11 is 0. The first-order chi connectivity index (χ1) is 25.9. The highest BCUT2D eigenvalue weighted by Gasteiger charge is 2.36. The standard InChI is InChI=1S/C38H44N10O5/c1-2-39-37(50)47(27-7-3-25(4-8-27)35-40-17-15-33(43-35)45-21-29-11-12-30(22-45)52-29)48(38(51)42-19-20-49)28-9-5-26(6-10-28)36-41-18-16-34(44-36)46-23-31-13-14-32(24-46)53-31/h3-10,15-18,29-32,49H,2,11-14,19-24H2,1H3,(H,39,50)(H,42,51). The summed E-state index contributed by atoms with van der Waals surface area (Å²) in [7, 11) is 0. The van der Waals surface area contributed by atoms with Crippen molar-refractivity contribution >= 4 is 35.1 Å². The number of hydrazine groups is 1. The summed E-state index contributed by atoms with van der Waals surface area (Å²) in [6.07, 6.45) is 8.71. The zero-order valence-electron chi connectivity index (χ0n) is 29.7. The normalized spacial score (nSPS) is 21.7. The maximum atomic E-state index is 13.8. The number of aromatic nitrogens is 4. The highest BCUT2D eigenvalue weighted by atomic mass is 16.5. The van der Waals surface area contributed by atoms with E-state index in [1.165, 1.54) is 10.0 Å². The van der Waals surface area contributed by atoms with Crippen molar-refractivity contribution in [2.75, 3.05) is 65.7 Å². The number of carbonyl (C=O) groups is 2. The van der Waals surface area contributed by atoms with E-state index < -0.39 is 12.1 Å². The van der Waals surface area contributed by atoms with Crippen LogP contribution in [0.25, 0.3) is 22.8 Å². The molecule has 4 unspecified atom stereocenters. The molecular weight excluding hydrogens is 676 g/mol. The van der Waals surface area contributed by atoms with E-state index in [-0.39, 0.29) is 37.6 Å². The highest BCUT2D eigenvalue weighted by Crippen LogP contribution is 2.32. The fourth-order valence-electron chi connectivity index (χ4n) is 7.55. The Morgan fingerprint density at radius 2 is 1.09 bits per heavy atom. The maximum Gasteiger partial charge on any atom is 0.341 e. The van der Waals surface area contributed by atoms with Gasteiger partial charge in [0.25, 0.3) is 0 Å². The zero-order chi connectivity index (χ0) is 36.3. The third-order valence-corrected chi connectivity index (χ3v) is 10.1. The van der Waals surface area contributed by atoms with Crippen molar-refractivity contribution in [3.63, 3.8) is 0 Å². The van der Waals surface area contributed by atoms with E-state index in [4.69, 9.17) is 19.4 Å². The van der Waals surface area contributed by atoms with Gasteiger partial charge in [-0.25, -0.2) is 29.5 Å². The number of hydrogen-bond acceptors (Lipinski definition) is 11. The van der Waals surface area contributed by atoms with Crippen LogP contribution in [-0.4, -0.2) is 107 Å². The Morgan fingerprint density at radius 1 is 0.679 bits per heavy atom. The Kier molecular flexibility index (Phi) is 10.0. The number of nitrogens with one attached hydrogen (secondary N) is 2. The van der Waals surface area contributed by atoms with E-state index in [1.807, 2.05) is 43.3 Å². The van der Waals surface area contributed by atoms with E-state index in [0.29, 0.717) is 29.6 Å². The summed E-state index contributed by atoms with van der Waals surface area (Å²) in [6, 6.07) is 17.1. The van der Waals surface area contributed by atoms with Crippen LogP contribution in [0.2, 0.25) is 0 Å². The van der Waals surface area contributed by atoms with E-state index >= 15 is 0 Å². The number of fused-ring (bicyclic) bond motifs is 4. The van der Waals surface area contributed by atoms with Crippen molar-refractivity contribution in [3.8, 4) is 22.8 Å². The molecule has 4 bridgehead atoms. The number of hydrogen-bond donors (Lipinski definition) is 3. The molecule has 0 aliphatic carbocycles. The molecule has 2 aromatic heterocycles. The Hall–Kier alpha value is -5.38. The number of carbonyl (C=O) groups excluding carboxylic acids is 2. The second kappa shape index (κ2) is 15.3. The molecule has 3 N–H and O–H groups in total. The van der Waals surface area contributed by atoms with Crippen LogP contribution in [0.3, 0.4) is 0 Å². The van der Waals surface area contributed by atoms with Crippen LogP contribution in [0.1, 0.15) is 32.6 Å². The van der Waals surface area contributed by atoms with Gasteiger partial charge in [0.15, 0.2) is 11.6 Å². The van der Waals surface area contributed by atoms with Crippen molar-refractivity contribution in [3.05, 3.63) is 73.1 Å². The van der Waals surface area contributed by atoms with Gasteiger partial charge in [0.2, 0.25) is 0 Å². The lowest BCUT2D eigenvalue weighted by Gasteiger charge is -2.34. The molecule has 15 heteroatoms. The molecule has 53 heavy (non-hydrogen) atoms. The monoisotopic (exact) mass is 720 g/mol. The number of ether oxygens (including phenoxy) is 2. The molecule has 6 heterocycles. The van der Waals surface area contributed by atoms with Crippen LogP contribution < -0.4 is 30.5 Å². The largest absolute Gasteiger partial charge is 0.395 e. The molecule has 0 saturated carbocycles. The molecule has 4 amide bonds. The SMILES string of the molecule is CCNC(=O)N(c1ccc(-c2nccc(N3CC4CCC(C3)O4)n2)cc1)N(C(=O)NCCO)c1ccc(-c2nccc(N3CC4CCC(C3)O4)n2)cc1. The number of nitrogens with zero attached hydrogens (tertiary/aromatic N) is 8. The number of aliphatic hydroxyl groups excluding tert-OH is 1. The number of benzene rings is 2. The summed E-state index contributed by atoms with van der Waals surface area (Å²) in [5.74, 6) is 2.80. The van der Waals surface area contributed by atoms with Crippen molar-refractivity contribution in [1.29, 1.82) is 0 Å². The van der Waals surface area contributed by atoms with Crippen molar-refractivity contribution in [2.24, 2.45) is 0 Å². The van der Waals surface area contributed by atoms with E-state index in [2.05, 4.69) is 30.4 Å². The van der Waals surface area contributed by atoms with Crippen molar-refractivity contribution < 1.29 is 24.2 Å². The molecule has 4 aliphatic rings. The molecule has 15 nitrogen and oxygen atoms in total. The number of urea groups is 2. The van der Waals surface area contributed by atoms with Gasteiger partial charge in [0.1, 0.15) is 11.6 Å². The molecule has 4 aliphatic heterocycles. The quantitative estimate of drug-likeness (QED) is 0.215. The highest BCUT2D eigenvalue weighted by molar-refractivity contribution is 6.05. The predicted octanol–water partition coefficient (Wildman–Crippen LogP) is 4.00. The molecule has 4 fully saturated rings. The minimum absolute atomic E-state index is 0.00219. The van der Waals surface area contributed by atoms with Gasteiger partial charge >= 0.3 is 12.1 Å². The third-order valence-electron chi connectivity index (χ3n) is 10.1. The lowest BCUT2D eigenvalue weighted by atomic mass is 10.1. The van der Waals surface area contributed by atoms with E-state index in [0.717, 1.165) is 74.6 Å². The smallest absolute Gasteiger partial charge is 0.341 e. The molecular formula is C38H44N10O5. The summed E-state index contributed by atoms with van der Waals surface area (Å²) in [4.78, 5) is 50.9. The van der Waals surface area contributed by atoms with Gasteiger partial charge in [-0.15, -0.1) is 0 Å². The average Bonchev–Trinajstić information content (AvgIpc) is 3.73. The third kappa shape index (κ3) is 7.45. The second-order valence-corrected chi connectivity index (χ2v) is 13.7. The first kappa shape index (κ1) is 34.7. The molecule has 276 valence electrons. The lowest BCUT2D eigenvalue weighted by molar-refractivity contribution is 0.0300. The summed E-state index contributed by atoms with van der Waals surface area (Å²) < 4.78 is 12.0. The molecule has 0 radical (unpaired) electrons. The van der Waals surface area contributed by atoms with Gasteiger partial charge in [-0.05, 0) is 93.3 Å². The first-order valence-electron chi connectivity index (χ1n) is 18.4. The van der Waals surface area contributed by atoms with Crippen LogP contribution in [-0.2, 0) is 9.47 Å². The van der Waals surface area contributed by atoms with Crippen LogP contribution >= 0.6 is 0 Å². The molecule has 2 aromatic carbocycles. The zero-order valence-corrected chi connectivity index (χ0v) is 29.7. The van der Waals surface area contributed by atoms with Gasteiger partial charge in [0, 0.05) is 62.8 Å². The maximum absolute atomic E-state index is 13.8. The van der Waals surface area contributed by atoms with Crippen LogP contribution in [0, 0.1) is 0 Å². The van der Waals surface area contributed by atoms with E-state index in [1.54, 1.807) is 36.7 Å². The number of morpholine rings is 2. The van der Waals surface area contributed by atoms with Gasteiger partial charge in [-0.3, -0.25) is 0 Å². The topological polar surface area (TPSA) is 161 Å². The average molecular weight is 721 g/mol. The van der Waals surface area contributed by atoms with E-state index in [9.17, 15) is 14.7 Å². The Balaban J connectivity index is 1.07. The second-order valence-electron chi connectivity index (χ2n) is 13.7. The fraction of sp³-hybridized carbons (Fsp3) is 0.421. The fourth-order valence-corrected chi connectivity index (χ4v) is 7.55. The molecule has 0 spiro atoms. The van der Waals surface area contributed by atoms with Gasteiger partial charge in [-0.2, -0.15) is 10.0 Å². The molecule has 4 saturated heterocycles. The Bertz CT molecular complexity index is 1890. The summed E-state index contributed by atoms with van der Waals surface area (Å²) in [6.45, 7) is 5.08. The Labute approximate surface area is 307 Å². The summed E-state index contributed by atoms with van der Waals surface area (Å²) in [5, 5.41) is 17.6. The number of amides is 4. The lowest BCUT2D eigenvalue weighted by Crippen LogP contribution is -2.57. The van der Waals surface area contributed by atoms with Crippen LogP contribution in [0.5, 0.6) is 0 Å². The molecule has 4 atom stereocenters. The van der Waals surface area contributed by atoms with Gasteiger partial charge in [-0.1, -0.05) is 0 Å². The van der Waals surface area contributed by atoms with Crippen molar-refractivity contribution in [2.45, 2.75) is 57.0 Å². The predicted molar refractivity (Wildman–Crippen MR) is 200 cm³/mol. The van der Waals surface area contributed by atoms with Crippen LogP contribution in [0.4, 0.5) is 32.6 Å². The van der Waals surface area contributed by atoms with Gasteiger partial charge in [0.05, 0.1) is 42.4 Å². The molecule has 4 aromatic rings. The number of aliphatic hydroxyl groups is 1. The van der Waals surface area contributed by atoms with Crippen LogP contribution in [0.15, 0.2) is 73.1 Å². The van der Waals surface area contributed by atoms with Crippen molar-refractivity contribution in [1.82, 2.24) is 30.6 Å². The summed E-state index contributed by atoms with van der Waals surface area (Å²) in [5.41, 5.74) is 2.36. The van der Waals surface area contributed by atoms with Gasteiger partial charge < -0.3 is 35.0 Å².